The van der Waals surface area contributed by atoms with E-state index >= 15 is 0 Å². The zero-order valence-corrected chi connectivity index (χ0v) is 15.4. The average Bonchev–Trinajstić information content (AvgIpc) is 2.90. The predicted octanol–water partition coefficient (Wildman–Crippen LogP) is 2.03. The molecule has 1 N–H and O–H groups in total. The number of hydrogen-bond acceptors (Lipinski definition) is 4. The number of carbonyl (C=O) groups is 1. The molecule has 0 aromatic heterocycles. The normalized spacial score (nSPS) is 31.7. The molecule has 5 heteroatoms. The van der Waals surface area contributed by atoms with Crippen LogP contribution in [0.2, 0.25) is 0 Å². The first kappa shape index (κ1) is 18.2. The first-order chi connectivity index (χ1) is 11.5. The van der Waals surface area contributed by atoms with Gasteiger partial charge in [-0.3, -0.25) is 4.79 Å². The zero-order chi connectivity index (χ0) is 17.2. The van der Waals surface area contributed by atoms with Gasteiger partial charge in [0, 0.05) is 19.7 Å². The van der Waals surface area contributed by atoms with Crippen molar-refractivity contribution in [3.63, 3.8) is 0 Å². The molecule has 0 bridgehead atoms. The summed E-state index contributed by atoms with van der Waals surface area (Å²) in [7, 11) is 1.56. The Morgan fingerprint density at radius 3 is 2.46 bits per heavy atom. The molecule has 1 aliphatic carbocycles. The van der Waals surface area contributed by atoms with Gasteiger partial charge >= 0.3 is 0 Å². The molecule has 1 amide bonds. The van der Waals surface area contributed by atoms with E-state index in [1.807, 2.05) is 11.8 Å². The van der Waals surface area contributed by atoms with Crippen molar-refractivity contribution in [1.29, 1.82) is 0 Å². The lowest BCUT2D eigenvalue weighted by atomic mass is 9.73. The molecule has 24 heavy (non-hydrogen) atoms. The summed E-state index contributed by atoms with van der Waals surface area (Å²) in [5.74, 6) is 0.0145. The standard InChI is InChI=1S/C19H34N2O3/c1-18(15-22)13-19(14-21(18)17(23)12-24-2)8-10-20(11-9-19)16-6-4-3-5-7-16/h16,22H,3-15H2,1-2H3/t18-/m0/s1. The molecule has 2 saturated heterocycles. The molecular weight excluding hydrogens is 304 g/mol. The van der Waals surface area contributed by atoms with Crippen LogP contribution in [0.3, 0.4) is 0 Å². The molecule has 0 aromatic rings. The number of hydrogen-bond donors (Lipinski definition) is 1. The number of amides is 1. The van der Waals surface area contributed by atoms with Crippen molar-refractivity contribution in [2.45, 2.75) is 69.9 Å². The van der Waals surface area contributed by atoms with Crippen molar-refractivity contribution in [1.82, 2.24) is 9.80 Å². The number of rotatable bonds is 4. The summed E-state index contributed by atoms with van der Waals surface area (Å²) in [6, 6.07) is 0.785. The van der Waals surface area contributed by atoms with Crippen LogP contribution in [0.5, 0.6) is 0 Å². The lowest BCUT2D eigenvalue weighted by Crippen LogP contribution is -2.49. The van der Waals surface area contributed by atoms with Crippen molar-refractivity contribution < 1.29 is 14.6 Å². The van der Waals surface area contributed by atoms with E-state index in [4.69, 9.17) is 4.74 Å². The number of aliphatic hydroxyl groups is 1. The molecule has 3 rings (SSSR count). The highest BCUT2D eigenvalue weighted by molar-refractivity contribution is 5.78. The molecule has 3 aliphatic rings. The van der Waals surface area contributed by atoms with E-state index in [1.165, 1.54) is 32.1 Å². The van der Waals surface area contributed by atoms with E-state index in [0.717, 1.165) is 44.9 Å². The summed E-state index contributed by atoms with van der Waals surface area (Å²) in [6.07, 6.45) is 10.1. The minimum atomic E-state index is -0.428. The van der Waals surface area contributed by atoms with Gasteiger partial charge in [0.1, 0.15) is 6.61 Å². The van der Waals surface area contributed by atoms with Gasteiger partial charge in [0.2, 0.25) is 5.91 Å². The second-order valence-electron chi connectivity index (χ2n) is 8.57. The Morgan fingerprint density at radius 2 is 1.88 bits per heavy atom. The molecular formula is C19H34N2O3. The molecule has 0 radical (unpaired) electrons. The lowest BCUT2D eigenvalue weighted by molar-refractivity contribution is -0.140. The highest BCUT2D eigenvalue weighted by atomic mass is 16.5. The minimum Gasteiger partial charge on any atom is -0.394 e. The van der Waals surface area contributed by atoms with Crippen molar-refractivity contribution in [2.75, 3.05) is 40.0 Å². The molecule has 2 aliphatic heterocycles. The molecule has 3 fully saturated rings. The van der Waals surface area contributed by atoms with E-state index in [2.05, 4.69) is 4.90 Å². The zero-order valence-electron chi connectivity index (χ0n) is 15.4. The maximum Gasteiger partial charge on any atom is 0.249 e. The van der Waals surface area contributed by atoms with Crippen LogP contribution in [-0.2, 0) is 9.53 Å². The Hall–Kier alpha value is -0.650. The maximum atomic E-state index is 12.4. The summed E-state index contributed by atoms with van der Waals surface area (Å²) in [6.45, 7) is 5.26. The van der Waals surface area contributed by atoms with Gasteiger partial charge in [-0.1, -0.05) is 19.3 Å². The van der Waals surface area contributed by atoms with Crippen LogP contribution in [0.25, 0.3) is 0 Å². The monoisotopic (exact) mass is 338 g/mol. The number of likely N-dealkylation sites (tertiary alicyclic amines) is 2. The highest BCUT2D eigenvalue weighted by Crippen LogP contribution is 2.48. The Morgan fingerprint density at radius 1 is 1.21 bits per heavy atom. The van der Waals surface area contributed by atoms with Gasteiger partial charge in [0.05, 0.1) is 12.1 Å². The maximum absolute atomic E-state index is 12.4. The summed E-state index contributed by atoms with van der Waals surface area (Å²) in [5.41, 5.74) is -0.241. The van der Waals surface area contributed by atoms with Crippen LogP contribution >= 0.6 is 0 Å². The Balaban J connectivity index is 1.64. The topological polar surface area (TPSA) is 53.0 Å². The Kier molecular flexibility index (Phi) is 5.52. The van der Waals surface area contributed by atoms with Crippen molar-refractivity contribution >= 4 is 5.91 Å². The van der Waals surface area contributed by atoms with Crippen molar-refractivity contribution in [3.8, 4) is 0 Å². The Labute approximate surface area is 146 Å². The van der Waals surface area contributed by atoms with E-state index in [0.29, 0.717) is 0 Å². The third-order valence-corrected chi connectivity index (χ3v) is 6.76. The van der Waals surface area contributed by atoms with E-state index < -0.39 is 5.54 Å². The van der Waals surface area contributed by atoms with Crippen molar-refractivity contribution in [2.24, 2.45) is 5.41 Å². The number of carbonyl (C=O) groups excluding carboxylic acids is 1. The lowest BCUT2D eigenvalue weighted by Gasteiger charge is -2.43. The SMILES string of the molecule is COCC(=O)N1CC2(CCN(C3CCCCC3)CC2)C[C@@]1(C)CO. The largest absolute Gasteiger partial charge is 0.394 e. The van der Waals surface area contributed by atoms with Crippen LogP contribution in [0.1, 0.15) is 58.3 Å². The van der Waals surface area contributed by atoms with Crippen LogP contribution in [-0.4, -0.2) is 72.4 Å². The summed E-state index contributed by atoms with van der Waals surface area (Å²) in [4.78, 5) is 17.0. The number of methoxy groups -OCH3 is 1. The number of aliphatic hydroxyl groups excluding tert-OH is 1. The van der Waals surface area contributed by atoms with Crippen LogP contribution in [0.4, 0.5) is 0 Å². The van der Waals surface area contributed by atoms with Crippen LogP contribution < -0.4 is 0 Å². The molecule has 1 spiro atoms. The second-order valence-corrected chi connectivity index (χ2v) is 8.57. The van der Waals surface area contributed by atoms with Gasteiger partial charge in [-0.05, 0) is 57.5 Å². The van der Waals surface area contributed by atoms with Crippen LogP contribution in [0.15, 0.2) is 0 Å². The third kappa shape index (κ3) is 3.49. The van der Waals surface area contributed by atoms with Gasteiger partial charge in [-0.15, -0.1) is 0 Å². The number of piperidine rings is 1. The first-order valence-electron chi connectivity index (χ1n) is 9.66. The quantitative estimate of drug-likeness (QED) is 0.852. The fourth-order valence-corrected chi connectivity index (χ4v) is 5.36. The average molecular weight is 338 g/mol. The van der Waals surface area contributed by atoms with E-state index in [9.17, 15) is 9.90 Å². The predicted molar refractivity (Wildman–Crippen MR) is 93.8 cm³/mol. The summed E-state index contributed by atoms with van der Waals surface area (Å²) < 4.78 is 5.04. The van der Waals surface area contributed by atoms with Gasteiger partial charge in [-0.2, -0.15) is 0 Å². The fraction of sp³-hybridized carbons (Fsp3) is 0.947. The summed E-state index contributed by atoms with van der Waals surface area (Å²) >= 11 is 0. The third-order valence-electron chi connectivity index (χ3n) is 6.76. The van der Waals surface area contributed by atoms with Gasteiger partial charge < -0.3 is 19.6 Å². The molecule has 138 valence electrons. The van der Waals surface area contributed by atoms with E-state index in [1.54, 1.807) is 7.11 Å². The van der Waals surface area contributed by atoms with Crippen molar-refractivity contribution in [3.05, 3.63) is 0 Å². The second kappa shape index (κ2) is 7.30. The van der Waals surface area contributed by atoms with Gasteiger partial charge in [0.15, 0.2) is 0 Å². The highest BCUT2D eigenvalue weighted by Gasteiger charge is 2.53. The number of nitrogens with zero attached hydrogens (tertiary/aromatic N) is 2. The molecule has 0 aromatic carbocycles. The molecule has 1 atom stereocenters. The summed E-state index contributed by atoms with van der Waals surface area (Å²) in [5, 5.41) is 9.94. The van der Waals surface area contributed by atoms with Crippen LogP contribution in [0, 0.1) is 5.41 Å². The molecule has 1 saturated carbocycles. The van der Waals surface area contributed by atoms with Gasteiger partial charge in [0.25, 0.3) is 0 Å². The fourth-order valence-electron chi connectivity index (χ4n) is 5.36. The number of ether oxygens (including phenoxy) is 1. The van der Waals surface area contributed by atoms with Gasteiger partial charge in [-0.25, -0.2) is 0 Å². The Bertz CT molecular complexity index is 442. The minimum absolute atomic E-state index is 0.0145. The van der Waals surface area contributed by atoms with E-state index in [-0.39, 0.29) is 24.5 Å². The smallest absolute Gasteiger partial charge is 0.249 e. The molecule has 0 unspecified atom stereocenters. The molecule has 2 heterocycles. The molecule has 5 nitrogen and oxygen atoms in total. The first-order valence-corrected chi connectivity index (χ1v) is 9.66.